The summed E-state index contributed by atoms with van der Waals surface area (Å²) in [5.74, 6) is 1.83. The summed E-state index contributed by atoms with van der Waals surface area (Å²) < 4.78 is 5.79. The monoisotopic (exact) mass is 541 g/mol. The van der Waals surface area contributed by atoms with Gasteiger partial charge in [0.05, 0.1) is 24.0 Å². The number of carbonyl (C=O) groups excluding carboxylic acids is 2. The average Bonchev–Trinajstić information content (AvgIpc) is 3.56. The largest absolute Gasteiger partial charge is 0.474 e. The average molecular weight is 542 g/mol. The topological polar surface area (TPSA) is 124 Å². The Bertz CT molecular complexity index is 1470. The molecular weight excluding hydrogens is 510 g/mol. The number of nitrogens with zero attached hydrogens (tertiary/aromatic N) is 6. The highest BCUT2D eigenvalue weighted by atomic mass is 16.5. The van der Waals surface area contributed by atoms with E-state index in [0.717, 1.165) is 42.0 Å². The lowest BCUT2D eigenvalue weighted by molar-refractivity contribution is -0.118. The number of rotatable bonds is 6. The zero-order chi connectivity index (χ0) is 27.4. The lowest BCUT2D eigenvalue weighted by Crippen LogP contribution is -2.45. The van der Waals surface area contributed by atoms with Crippen LogP contribution in [0.1, 0.15) is 38.5 Å². The predicted molar refractivity (Wildman–Crippen MR) is 150 cm³/mol. The second kappa shape index (κ2) is 9.74. The predicted octanol–water partition coefficient (Wildman–Crippen LogP) is 3.26. The highest BCUT2D eigenvalue weighted by molar-refractivity contribution is 5.98. The Morgan fingerprint density at radius 2 is 1.90 bits per heavy atom. The zero-order valence-corrected chi connectivity index (χ0v) is 22.3. The Hall–Kier alpha value is -4.25. The van der Waals surface area contributed by atoms with Gasteiger partial charge in [0, 0.05) is 49.9 Å². The molecule has 0 spiro atoms. The van der Waals surface area contributed by atoms with Crippen molar-refractivity contribution in [2.24, 2.45) is 0 Å². The molecule has 0 bridgehead atoms. The van der Waals surface area contributed by atoms with Gasteiger partial charge in [0.1, 0.15) is 18.1 Å². The first kappa shape index (κ1) is 24.8. The van der Waals surface area contributed by atoms with E-state index in [9.17, 15) is 14.7 Å². The molecule has 7 rings (SSSR count). The molecule has 4 aliphatic rings. The van der Waals surface area contributed by atoms with E-state index in [-0.39, 0.29) is 30.0 Å². The van der Waals surface area contributed by atoms with Gasteiger partial charge in [-0.1, -0.05) is 12.1 Å². The van der Waals surface area contributed by atoms with E-state index in [1.165, 1.54) is 0 Å². The van der Waals surface area contributed by atoms with Crippen molar-refractivity contribution in [1.29, 1.82) is 0 Å². The molecule has 40 heavy (non-hydrogen) atoms. The van der Waals surface area contributed by atoms with Crippen molar-refractivity contribution in [2.75, 3.05) is 40.2 Å². The van der Waals surface area contributed by atoms with Crippen molar-refractivity contribution in [3.63, 3.8) is 0 Å². The number of carbonyl (C=O) groups is 2. The number of pyridine rings is 1. The van der Waals surface area contributed by atoms with Crippen LogP contribution in [0.15, 0.2) is 42.7 Å². The van der Waals surface area contributed by atoms with Gasteiger partial charge < -0.3 is 29.9 Å². The van der Waals surface area contributed by atoms with Crippen LogP contribution in [-0.2, 0) is 9.59 Å². The second-order valence-electron chi connectivity index (χ2n) is 11.0. The third-order valence-electron chi connectivity index (χ3n) is 8.39. The van der Waals surface area contributed by atoms with Crippen LogP contribution >= 0.6 is 0 Å². The van der Waals surface area contributed by atoms with E-state index < -0.39 is 0 Å². The number of aliphatic hydroxyl groups excluding tert-OH is 1. The van der Waals surface area contributed by atoms with Crippen LogP contribution in [-0.4, -0.2) is 70.3 Å². The summed E-state index contributed by atoms with van der Waals surface area (Å²) in [6.07, 6.45) is 7.27. The van der Waals surface area contributed by atoms with Crippen LogP contribution < -0.4 is 24.8 Å². The lowest BCUT2D eigenvalue weighted by Gasteiger charge is -2.39. The van der Waals surface area contributed by atoms with Gasteiger partial charge in [-0.05, 0) is 49.4 Å². The van der Waals surface area contributed by atoms with Crippen LogP contribution in [0.4, 0.5) is 28.8 Å². The summed E-state index contributed by atoms with van der Waals surface area (Å²) in [6.45, 7) is 1.21. The Balaban J connectivity index is 1.19. The number of amides is 2. The fraction of sp³-hybridized carbons (Fsp3) is 0.414. The number of hydrogen-bond acceptors (Lipinski definition) is 9. The van der Waals surface area contributed by atoms with Crippen LogP contribution in [0, 0.1) is 0 Å². The Kier molecular flexibility index (Phi) is 6.03. The minimum absolute atomic E-state index is 0.0423. The summed E-state index contributed by atoms with van der Waals surface area (Å²) in [4.78, 5) is 44.4. The highest BCUT2D eigenvalue weighted by Gasteiger charge is 2.38. The smallest absolute Gasteiger partial charge is 0.238 e. The molecule has 3 aliphatic heterocycles. The Morgan fingerprint density at radius 1 is 1.07 bits per heavy atom. The maximum absolute atomic E-state index is 12.5. The zero-order valence-electron chi connectivity index (χ0n) is 22.3. The number of aromatic nitrogens is 3. The van der Waals surface area contributed by atoms with Crippen molar-refractivity contribution < 1.29 is 19.4 Å². The van der Waals surface area contributed by atoms with Crippen LogP contribution in [0.2, 0.25) is 0 Å². The van der Waals surface area contributed by atoms with E-state index in [1.54, 1.807) is 17.3 Å². The molecule has 206 valence electrons. The molecule has 11 nitrogen and oxygen atoms in total. The summed E-state index contributed by atoms with van der Waals surface area (Å²) in [5.41, 5.74) is 4.01. The first-order chi connectivity index (χ1) is 19.4. The fourth-order valence-corrected chi connectivity index (χ4v) is 6.03. The van der Waals surface area contributed by atoms with E-state index in [4.69, 9.17) is 9.72 Å². The Morgan fingerprint density at radius 3 is 2.65 bits per heavy atom. The van der Waals surface area contributed by atoms with E-state index in [0.29, 0.717) is 55.5 Å². The van der Waals surface area contributed by atoms with Gasteiger partial charge in [0.15, 0.2) is 0 Å². The molecule has 5 heterocycles. The second-order valence-corrected chi connectivity index (χ2v) is 11.0. The maximum Gasteiger partial charge on any atom is 0.238 e. The van der Waals surface area contributed by atoms with Gasteiger partial charge in [0.2, 0.25) is 23.6 Å². The summed E-state index contributed by atoms with van der Waals surface area (Å²) in [6, 6.07) is 10.00. The molecule has 1 atom stereocenters. The van der Waals surface area contributed by atoms with Gasteiger partial charge >= 0.3 is 0 Å². The molecule has 1 aromatic carbocycles. The van der Waals surface area contributed by atoms with Crippen molar-refractivity contribution in [3.05, 3.63) is 42.7 Å². The van der Waals surface area contributed by atoms with E-state index >= 15 is 0 Å². The van der Waals surface area contributed by atoms with E-state index in [1.807, 2.05) is 42.3 Å². The third kappa shape index (κ3) is 4.30. The number of ether oxygens (including phenoxy) is 1. The van der Waals surface area contributed by atoms with Gasteiger partial charge in [-0.3, -0.25) is 9.59 Å². The molecule has 0 radical (unpaired) electrons. The van der Waals surface area contributed by atoms with Gasteiger partial charge in [0.25, 0.3) is 0 Å². The standard InChI is InChI=1S/C29H31N7O4/c1-34(21-12-22(37)13-21)27-23(17-4-6-19(7-5-17)35-10-2-3-25(35)38)15-31-29(33-27)32-18-11-24-28(30-14-18)40-16-20-8-9-26(39)36(20)24/h4-7,11,14-15,20-22,37H,2-3,8-10,12-13,16H2,1H3,(H,31,32,33)/t20-,21-,22-/m0/s1. The molecule has 11 heteroatoms. The minimum atomic E-state index is -0.298. The number of nitrogens with one attached hydrogen (secondary N) is 1. The van der Waals surface area contributed by atoms with Crippen molar-refractivity contribution in [3.8, 4) is 17.0 Å². The minimum Gasteiger partial charge on any atom is -0.474 e. The number of hydrogen-bond donors (Lipinski definition) is 2. The van der Waals surface area contributed by atoms with Gasteiger partial charge in [-0.2, -0.15) is 4.98 Å². The summed E-state index contributed by atoms with van der Waals surface area (Å²) in [5, 5.41) is 13.2. The third-order valence-corrected chi connectivity index (χ3v) is 8.39. The van der Waals surface area contributed by atoms with Crippen molar-refractivity contribution in [1.82, 2.24) is 15.0 Å². The Labute approximate surface area is 231 Å². The number of benzene rings is 1. The molecule has 3 aromatic rings. The number of fused-ring (bicyclic) bond motifs is 3. The summed E-state index contributed by atoms with van der Waals surface area (Å²) >= 11 is 0. The normalized spacial score (nSPS) is 23.4. The summed E-state index contributed by atoms with van der Waals surface area (Å²) in [7, 11) is 1.99. The maximum atomic E-state index is 12.5. The molecule has 1 aliphatic carbocycles. The van der Waals surface area contributed by atoms with Crippen LogP contribution in [0.5, 0.6) is 5.88 Å². The quantitative estimate of drug-likeness (QED) is 0.484. The molecule has 2 aromatic heterocycles. The molecule has 3 fully saturated rings. The fourth-order valence-electron chi connectivity index (χ4n) is 6.03. The molecule has 2 saturated heterocycles. The highest BCUT2D eigenvalue weighted by Crippen LogP contribution is 2.40. The SMILES string of the molecule is CN(c1nc(Nc2cnc3c(c2)N2C(=O)CC[C@H]2CO3)ncc1-c1ccc(N2CCCC2=O)cc1)[C@H]1C[C@H](O)C1. The molecular formula is C29H31N7O4. The lowest BCUT2D eigenvalue weighted by atomic mass is 9.88. The first-order valence-electron chi connectivity index (χ1n) is 13.9. The van der Waals surface area contributed by atoms with Crippen LogP contribution in [0.3, 0.4) is 0 Å². The van der Waals surface area contributed by atoms with Crippen molar-refractivity contribution in [2.45, 2.75) is 56.7 Å². The molecule has 1 saturated carbocycles. The van der Waals surface area contributed by atoms with Gasteiger partial charge in [-0.25, -0.2) is 9.97 Å². The molecule has 0 unspecified atom stereocenters. The van der Waals surface area contributed by atoms with Crippen molar-refractivity contribution >= 4 is 40.6 Å². The molecule has 2 N–H and O–H groups in total. The first-order valence-corrected chi connectivity index (χ1v) is 13.9. The van der Waals surface area contributed by atoms with Gasteiger partial charge in [-0.15, -0.1) is 0 Å². The number of anilines is 5. The molecule has 2 amide bonds. The van der Waals surface area contributed by atoms with Crippen LogP contribution in [0.25, 0.3) is 11.1 Å². The number of aliphatic hydroxyl groups is 1. The van der Waals surface area contributed by atoms with E-state index in [2.05, 4.69) is 20.2 Å².